The van der Waals surface area contributed by atoms with Crippen molar-refractivity contribution in [3.63, 3.8) is 0 Å². The maximum atomic E-state index is 10.9. The maximum absolute atomic E-state index is 10.9. The molecule has 14 heavy (non-hydrogen) atoms. The van der Waals surface area contributed by atoms with Gasteiger partial charge in [0.25, 0.3) is 0 Å². The Kier molecular flexibility index (Phi) is 2.90. The van der Waals surface area contributed by atoms with Crippen LogP contribution < -0.4 is 0 Å². The van der Waals surface area contributed by atoms with Gasteiger partial charge in [0, 0.05) is 24.0 Å². The van der Waals surface area contributed by atoms with Crippen molar-refractivity contribution in [1.82, 2.24) is 9.29 Å². The minimum absolute atomic E-state index is 0.0606. The first-order valence-electron chi connectivity index (χ1n) is 4.56. The molecule has 0 saturated carbocycles. The summed E-state index contributed by atoms with van der Waals surface area (Å²) in [4.78, 5) is 4.18. The summed E-state index contributed by atoms with van der Waals surface area (Å²) in [5, 5.41) is 0. The molecule has 1 fully saturated rings. The van der Waals surface area contributed by atoms with Crippen LogP contribution in [0.3, 0.4) is 0 Å². The van der Waals surface area contributed by atoms with Crippen molar-refractivity contribution in [3.05, 3.63) is 30.1 Å². The van der Waals surface area contributed by atoms with Gasteiger partial charge in [0.1, 0.15) is 0 Å². The summed E-state index contributed by atoms with van der Waals surface area (Å²) in [6, 6.07) is 5.52. The molecule has 1 saturated heterocycles. The molecule has 1 aliphatic rings. The number of nitrogens with zero attached hydrogens (tertiary/aromatic N) is 2. The zero-order valence-electron chi connectivity index (χ0n) is 7.63. The summed E-state index contributed by atoms with van der Waals surface area (Å²) in [7, 11) is 0. The van der Waals surface area contributed by atoms with E-state index in [0.717, 1.165) is 18.5 Å². The molecule has 1 aromatic rings. The van der Waals surface area contributed by atoms with Gasteiger partial charge in [-0.15, -0.1) is 0 Å². The second-order valence-corrected chi connectivity index (χ2v) is 4.17. The van der Waals surface area contributed by atoms with Gasteiger partial charge >= 0.3 is 0 Å². The van der Waals surface area contributed by atoms with Crippen LogP contribution in [0.2, 0.25) is 0 Å². The maximum Gasteiger partial charge on any atom is 0.0637 e. The van der Waals surface area contributed by atoms with Gasteiger partial charge in [-0.05, 0) is 25.0 Å². The molecule has 0 aliphatic carbocycles. The lowest BCUT2D eigenvalue weighted by atomic mass is 10.1. The van der Waals surface area contributed by atoms with E-state index in [1.807, 2.05) is 18.2 Å². The van der Waals surface area contributed by atoms with Crippen molar-refractivity contribution < 1.29 is 8.76 Å². The minimum atomic E-state index is -2.13. The summed E-state index contributed by atoms with van der Waals surface area (Å²) >= 11 is -2.13. The van der Waals surface area contributed by atoms with Crippen LogP contribution in [0, 0.1) is 0 Å². The number of pyridine rings is 1. The van der Waals surface area contributed by atoms with E-state index in [1.165, 1.54) is 4.31 Å². The molecule has 0 N–H and O–H groups in total. The van der Waals surface area contributed by atoms with Crippen LogP contribution in [0.15, 0.2) is 24.4 Å². The fourth-order valence-corrected chi connectivity index (χ4v) is 2.49. The third kappa shape index (κ3) is 1.84. The molecule has 2 rings (SSSR count). The highest BCUT2D eigenvalue weighted by Gasteiger charge is 2.27. The molecule has 1 unspecified atom stereocenters. The van der Waals surface area contributed by atoms with Gasteiger partial charge in [-0.1, -0.05) is 6.07 Å². The Bertz CT molecular complexity index is 331. The predicted octanol–water partition coefficient (Wildman–Crippen LogP) is 1.01. The van der Waals surface area contributed by atoms with Crippen LogP contribution >= 0.6 is 0 Å². The molecular weight excluding hydrogens is 200 g/mol. The normalized spacial score (nSPS) is 25.1. The highest BCUT2D eigenvalue weighted by atomic mass is 32.2. The lowest BCUT2D eigenvalue weighted by molar-refractivity contribution is 0.370. The van der Waals surface area contributed by atoms with Crippen molar-refractivity contribution in [3.8, 4) is 0 Å². The monoisotopic (exact) mass is 211 g/mol. The Morgan fingerprint density at radius 1 is 1.57 bits per heavy atom. The van der Waals surface area contributed by atoms with E-state index in [0.29, 0.717) is 6.54 Å². The van der Waals surface area contributed by atoms with Crippen LogP contribution in [0.5, 0.6) is 0 Å². The van der Waals surface area contributed by atoms with Crippen molar-refractivity contribution in [2.75, 3.05) is 6.54 Å². The van der Waals surface area contributed by atoms with E-state index in [4.69, 9.17) is 0 Å². The topological polar surface area (TPSA) is 56.3 Å². The predicted molar refractivity (Wildman–Crippen MR) is 51.8 cm³/mol. The van der Waals surface area contributed by atoms with E-state index in [1.54, 1.807) is 6.20 Å². The van der Waals surface area contributed by atoms with Gasteiger partial charge in [0.05, 0.1) is 11.7 Å². The molecule has 1 aromatic heterocycles. The summed E-state index contributed by atoms with van der Waals surface area (Å²) in [5.74, 6) is 0. The standard InChI is InChI=1S/C9H12N2O2S/c12-14(13)11-7-3-5-9(11)8-4-1-2-6-10-8/h1-2,4,6,9H,3,5,7H2,(H,12,13)/p-1/t9-/m0/s1. The van der Waals surface area contributed by atoms with Crippen LogP contribution in [-0.4, -0.2) is 24.6 Å². The fraction of sp³-hybridized carbons (Fsp3) is 0.444. The van der Waals surface area contributed by atoms with E-state index < -0.39 is 11.3 Å². The molecule has 0 spiro atoms. The van der Waals surface area contributed by atoms with Crippen molar-refractivity contribution in [2.24, 2.45) is 0 Å². The molecule has 0 bridgehead atoms. The third-order valence-corrected chi connectivity index (χ3v) is 3.24. The first-order valence-corrected chi connectivity index (χ1v) is 5.59. The van der Waals surface area contributed by atoms with Crippen LogP contribution in [0.1, 0.15) is 24.6 Å². The van der Waals surface area contributed by atoms with Crippen molar-refractivity contribution in [1.29, 1.82) is 0 Å². The average Bonchev–Trinajstić information content (AvgIpc) is 2.67. The third-order valence-electron chi connectivity index (χ3n) is 2.42. The van der Waals surface area contributed by atoms with E-state index in [2.05, 4.69) is 4.98 Å². The van der Waals surface area contributed by atoms with Crippen molar-refractivity contribution >= 4 is 11.3 Å². The van der Waals surface area contributed by atoms with Crippen molar-refractivity contribution in [2.45, 2.75) is 18.9 Å². The molecule has 0 aromatic carbocycles. The summed E-state index contributed by atoms with van der Waals surface area (Å²) < 4.78 is 23.2. The Morgan fingerprint density at radius 2 is 2.43 bits per heavy atom. The van der Waals surface area contributed by atoms with Crippen LogP contribution in [0.25, 0.3) is 0 Å². The van der Waals surface area contributed by atoms with Gasteiger partial charge in [-0.25, -0.2) is 4.31 Å². The highest BCUT2D eigenvalue weighted by Crippen LogP contribution is 2.30. The smallest absolute Gasteiger partial charge is 0.0637 e. The number of aromatic nitrogens is 1. The quantitative estimate of drug-likeness (QED) is 0.686. The van der Waals surface area contributed by atoms with E-state index >= 15 is 0 Å². The first kappa shape index (κ1) is 9.76. The number of rotatable bonds is 2. The Hall–Kier alpha value is -0.780. The Balaban J connectivity index is 2.22. The molecular formula is C9H11N2O2S-. The molecule has 4 nitrogen and oxygen atoms in total. The van der Waals surface area contributed by atoms with Gasteiger partial charge < -0.3 is 4.55 Å². The number of hydrogen-bond donors (Lipinski definition) is 0. The van der Waals surface area contributed by atoms with E-state index in [-0.39, 0.29) is 6.04 Å². The Morgan fingerprint density at radius 3 is 3.07 bits per heavy atom. The van der Waals surface area contributed by atoms with Crippen LogP contribution in [-0.2, 0) is 11.3 Å². The second-order valence-electron chi connectivity index (χ2n) is 3.27. The summed E-state index contributed by atoms with van der Waals surface area (Å²) in [6.45, 7) is 0.608. The fourth-order valence-electron chi connectivity index (χ4n) is 1.79. The Labute approximate surface area is 85.4 Å². The van der Waals surface area contributed by atoms with Gasteiger partial charge in [0.2, 0.25) is 0 Å². The SMILES string of the molecule is O=S([O-])N1CCC[C@H]1c1ccccn1. The van der Waals surface area contributed by atoms with E-state index in [9.17, 15) is 8.76 Å². The van der Waals surface area contributed by atoms with Gasteiger partial charge in [-0.2, -0.15) is 0 Å². The molecule has 0 radical (unpaired) electrons. The highest BCUT2D eigenvalue weighted by molar-refractivity contribution is 7.76. The molecule has 2 heterocycles. The zero-order chi connectivity index (χ0) is 9.97. The molecule has 1 aliphatic heterocycles. The molecule has 2 atom stereocenters. The molecule has 5 heteroatoms. The molecule has 76 valence electrons. The second kappa shape index (κ2) is 4.16. The lowest BCUT2D eigenvalue weighted by Gasteiger charge is -2.25. The van der Waals surface area contributed by atoms with Crippen LogP contribution in [0.4, 0.5) is 0 Å². The molecule has 0 amide bonds. The zero-order valence-corrected chi connectivity index (χ0v) is 8.44. The summed E-state index contributed by atoms with van der Waals surface area (Å²) in [5.41, 5.74) is 0.842. The van der Waals surface area contributed by atoms with Gasteiger partial charge in [-0.3, -0.25) is 9.19 Å². The largest absolute Gasteiger partial charge is 0.760 e. The first-order chi connectivity index (χ1) is 6.79. The van der Waals surface area contributed by atoms with Gasteiger partial charge in [0.15, 0.2) is 0 Å². The lowest BCUT2D eigenvalue weighted by Crippen LogP contribution is -2.25. The average molecular weight is 211 g/mol. The number of hydrogen-bond acceptors (Lipinski definition) is 3. The summed E-state index contributed by atoms with van der Waals surface area (Å²) in [6.07, 6.45) is 3.47. The minimum Gasteiger partial charge on any atom is -0.760 e.